The van der Waals surface area contributed by atoms with Crippen molar-refractivity contribution in [1.82, 2.24) is 24.7 Å². The van der Waals surface area contributed by atoms with Crippen LogP contribution in [-0.4, -0.2) is 62.4 Å². The van der Waals surface area contributed by atoms with E-state index in [1.165, 1.54) is 45.1 Å². The molecule has 5 heterocycles. The molecule has 0 N–H and O–H groups in total. The number of carbonyl (C=O) groups excluding carboxylic acids is 1. The fourth-order valence-corrected chi connectivity index (χ4v) is 6.17. The van der Waals surface area contributed by atoms with Crippen LogP contribution >= 0.6 is 0 Å². The predicted octanol–water partition coefficient (Wildman–Crippen LogP) is 3.50. The number of amides is 1. The number of hydrogen-bond acceptors (Lipinski definition) is 5. The van der Waals surface area contributed by atoms with Crippen LogP contribution in [0.15, 0.2) is 16.8 Å². The van der Waals surface area contributed by atoms with Gasteiger partial charge in [0.05, 0.1) is 11.8 Å². The molecule has 0 aliphatic carbocycles. The minimum Gasteiger partial charge on any atom is -0.355 e. The van der Waals surface area contributed by atoms with E-state index in [9.17, 15) is 4.79 Å². The Kier molecular flexibility index (Phi) is 5.17. The Balaban J connectivity index is 1.36. The predicted molar refractivity (Wildman–Crippen MR) is 114 cm³/mol. The second-order valence-corrected chi connectivity index (χ2v) is 9.47. The Morgan fingerprint density at radius 2 is 2.10 bits per heavy atom. The van der Waals surface area contributed by atoms with Gasteiger partial charge in [-0.05, 0) is 51.0 Å². The Bertz CT molecular complexity index is 919. The largest absolute Gasteiger partial charge is 0.355 e. The van der Waals surface area contributed by atoms with Crippen molar-refractivity contribution < 1.29 is 9.32 Å². The number of rotatable bonds is 4. The van der Waals surface area contributed by atoms with Crippen molar-refractivity contribution in [2.45, 2.75) is 64.5 Å². The third-order valence-corrected chi connectivity index (χ3v) is 7.72. The molecule has 5 rings (SSSR count). The Labute approximate surface area is 178 Å². The maximum absolute atomic E-state index is 13.4. The highest BCUT2D eigenvalue weighted by molar-refractivity contribution is 5.93. The lowest BCUT2D eigenvalue weighted by molar-refractivity contribution is -0.0672. The first-order chi connectivity index (χ1) is 14.6. The van der Waals surface area contributed by atoms with E-state index in [1.807, 2.05) is 14.0 Å². The molecule has 1 amide bonds. The molecule has 2 aromatic rings. The number of aromatic nitrogens is 3. The van der Waals surface area contributed by atoms with Gasteiger partial charge in [0.1, 0.15) is 0 Å². The van der Waals surface area contributed by atoms with Gasteiger partial charge in [0.25, 0.3) is 5.91 Å². The molecular weight excluding hydrogens is 378 g/mol. The van der Waals surface area contributed by atoms with Crippen LogP contribution in [0.25, 0.3) is 11.3 Å². The van der Waals surface area contributed by atoms with E-state index in [4.69, 9.17) is 4.52 Å². The van der Waals surface area contributed by atoms with Gasteiger partial charge in [-0.3, -0.25) is 14.4 Å². The zero-order valence-corrected chi connectivity index (χ0v) is 18.4. The third-order valence-electron chi connectivity index (χ3n) is 7.72. The highest BCUT2D eigenvalue weighted by Gasteiger charge is 2.47. The molecule has 2 aromatic heterocycles. The van der Waals surface area contributed by atoms with Crippen LogP contribution in [0.5, 0.6) is 0 Å². The number of nitrogens with zero attached hydrogens (tertiary/aromatic N) is 5. The normalized spacial score (nSPS) is 29.1. The average molecular weight is 412 g/mol. The summed E-state index contributed by atoms with van der Waals surface area (Å²) >= 11 is 0. The van der Waals surface area contributed by atoms with Crippen LogP contribution in [0.2, 0.25) is 0 Å². The SMILES string of the molecule is CCC[C@H]1[C@H]2C[C@H](CN(C(=O)c3cc(-c4cnn(C)c4C)on3)C2)[C@@H]2CCCCN21. The molecule has 0 saturated carbocycles. The molecule has 0 radical (unpaired) electrons. The minimum atomic E-state index is 0.0146. The molecule has 162 valence electrons. The summed E-state index contributed by atoms with van der Waals surface area (Å²) < 4.78 is 7.34. The van der Waals surface area contributed by atoms with E-state index in [0.717, 1.165) is 24.3 Å². The third kappa shape index (κ3) is 3.27. The van der Waals surface area contributed by atoms with Gasteiger partial charge in [0.2, 0.25) is 0 Å². The first-order valence-corrected chi connectivity index (χ1v) is 11.6. The van der Waals surface area contributed by atoms with Gasteiger partial charge in [-0.25, -0.2) is 0 Å². The fraction of sp³-hybridized carbons (Fsp3) is 0.696. The van der Waals surface area contributed by atoms with Crippen LogP contribution in [0, 0.1) is 18.8 Å². The van der Waals surface area contributed by atoms with Crippen LogP contribution < -0.4 is 0 Å². The van der Waals surface area contributed by atoms with Crippen molar-refractivity contribution in [3.63, 3.8) is 0 Å². The van der Waals surface area contributed by atoms with E-state index < -0.39 is 0 Å². The molecule has 7 heteroatoms. The van der Waals surface area contributed by atoms with Crippen LogP contribution in [-0.2, 0) is 7.05 Å². The topological polar surface area (TPSA) is 67.4 Å². The lowest BCUT2D eigenvalue weighted by atomic mass is 9.71. The van der Waals surface area contributed by atoms with Gasteiger partial charge in [-0.1, -0.05) is 24.9 Å². The smallest absolute Gasteiger partial charge is 0.276 e. The summed E-state index contributed by atoms with van der Waals surface area (Å²) in [5.74, 6) is 1.80. The molecule has 0 aromatic carbocycles. The lowest BCUT2D eigenvalue weighted by Gasteiger charge is -2.56. The molecule has 4 atom stereocenters. The van der Waals surface area contributed by atoms with Gasteiger partial charge in [-0.2, -0.15) is 5.10 Å². The van der Waals surface area contributed by atoms with Gasteiger partial charge in [0.15, 0.2) is 11.5 Å². The van der Waals surface area contributed by atoms with E-state index in [0.29, 0.717) is 35.4 Å². The maximum Gasteiger partial charge on any atom is 0.276 e. The van der Waals surface area contributed by atoms with Gasteiger partial charge >= 0.3 is 0 Å². The summed E-state index contributed by atoms with van der Waals surface area (Å²) in [5, 5.41) is 8.40. The van der Waals surface area contributed by atoms with Crippen molar-refractivity contribution in [1.29, 1.82) is 0 Å². The van der Waals surface area contributed by atoms with Crippen molar-refractivity contribution in [2.24, 2.45) is 18.9 Å². The molecule has 3 aliphatic heterocycles. The average Bonchev–Trinajstić information content (AvgIpc) is 3.37. The summed E-state index contributed by atoms with van der Waals surface area (Å²) in [6.07, 6.45) is 9.43. The number of aryl methyl sites for hydroxylation is 1. The van der Waals surface area contributed by atoms with Crippen molar-refractivity contribution in [3.8, 4) is 11.3 Å². The highest BCUT2D eigenvalue weighted by atomic mass is 16.5. The second kappa shape index (κ2) is 7.84. The Morgan fingerprint density at radius 3 is 2.87 bits per heavy atom. The second-order valence-electron chi connectivity index (χ2n) is 9.47. The quantitative estimate of drug-likeness (QED) is 0.770. The Hall–Kier alpha value is -2.15. The summed E-state index contributed by atoms with van der Waals surface area (Å²) in [4.78, 5) is 18.2. The van der Waals surface area contributed by atoms with Crippen LogP contribution in [0.1, 0.15) is 61.6 Å². The number of hydrogen-bond donors (Lipinski definition) is 0. The van der Waals surface area contributed by atoms with Crippen molar-refractivity contribution >= 4 is 5.91 Å². The molecule has 0 spiro atoms. The van der Waals surface area contributed by atoms with Crippen LogP contribution in [0.3, 0.4) is 0 Å². The number of fused-ring (bicyclic) bond motifs is 4. The van der Waals surface area contributed by atoms with E-state index in [2.05, 4.69) is 27.0 Å². The first kappa shape index (κ1) is 19.8. The number of carbonyl (C=O) groups is 1. The monoisotopic (exact) mass is 411 g/mol. The zero-order valence-electron chi connectivity index (χ0n) is 18.4. The first-order valence-electron chi connectivity index (χ1n) is 11.6. The molecule has 3 saturated heterocycles. The van der Waals surface area contributed by atoms with E-state index in [1.54, 1.807) is 16.9 Å². The van der Waals surface area contributed by atoms with Gasteiger partial charge in [-0.15, -0.1) is 0 Å². The van der Waals surface area contributed by atoms with Crippen molar-refractivity contribution in [2.75, 3.05) is 19.6 Å². The summed E-state index contributed by atoms with van der Waals surface area (Å²) in [7, 11) is 1.90. The van der Waals surface area contributed by atoms with Crippen LogP contribution in [0.4, 0.5) is 0 Å². The molecule has 3 aliphatic rings. The summed E-state index contributed by atoms with van der Waals surface area (Å²) in [5.41, 5.74) is 2.30. The van der Waals surface area contributed by atoms with Crippen molar-refractivity contribution in [3.05, 3.63) is 23.7 Å². The highest BCUT2D eigenvalue weighted by Crippen LogP contribution is 2.42. The van der Waals surface area contributed by atoms with E-state index >= 15 is 0 Å². The molecule has 0 unspecified atom stereocenters. The lowest BCUT2D eigenvalue weighted by Crippen LogP contribution is -2.64. The van der Waals surface area contributed by atoms with Gasteiger partial charge in [0, 0.05) is 44.0 Å². The van der Waals surface area contributed by atoms with Gasteiger partial charge < -0.3 is 9.42 Å². The fourth-order valence-electron chi connectivity index (χ4n) is 6.17. The van der Waals surface area contributed by atoms with E-state index in [-0.39, 0.29) is 5.91 Å². The molecule has 30 heavy (non-hydrogen) atoms. The molecule has 2 bridgehead atoms. The molecular formula is C23H33N5O2. The minimum absolute atomic E-state index is 0.0146. The zero-order chi connectivity index (χ0) is 20.8. The summed E-state index contributed by atoms with van der Waals surface area (Å²) in [6, 6.07) is 3.05. The Morgan fingerprint density at radius 1 is 1.27 bits per heavy atom. The summed E-state index contributed by atoms with van der Waals surface area (Å²) in [6.45, 7) is 7.21. The number of piperidine rings is 3. The standard InChI is InChI=1S/C23H33N5O2/c1-4-7-20-16-10-17(21-8-5-6-9-28(20)21)14-27(13-16)23(29)19-11-22(30-25-19)18-12-24-26(3)15(18)2/h11-12,16-17,20-21H,4-10,13-14H2,1-3H3/t16-,17+,20-,21-/m0/s1. The number of likely N-dealkylation sites (tertiary alicyclic amines) is 1. The molecule has 7 nitrogen and oxygen atoms in total. The molecule has 3 fully saturated rings. The maximum atomic E-state index is 13.4.